The molecule has 1 aromatic rings. The number of nitrogens with one attached hydrogen (secondary N) is 1. The van der Waals surface area contributed by atoms with Crippen LogP contribution in [-0.2, 0) is 15.8 Å². The van der Waals surface area contributed by atoms with Crippen molar-refractivity contribution in [2.24, 2.45) is 5.92 Å². The van der Waals surface area contributed by atoms with E-state index in [1.165, 1.54) is 0 Å². The maximum atomic E-state index is 11.9. The third-order valence-electron chi connectivity index (χ3n) is 2.97. The largest absolute Gasteiger partial charge is 0.215 e. The van der Waals surface area contributed by atoms with E-state index in [1.807, 2.05) is 6.07 Å². The SMILES string of the molecule is CC(C)CCCCNS(=O)(=O)Cc1ccc(C#N)cc1. The van der Waals surface area contributed by atoms with E-state index in [-0.39, 0.29) is 5.75 Å². The van der Waals surface area contributed by atoms with Crippen LogP contribution in [0.1, 0.15) is 44.2 Å². The van der Waals surface area contributed by atoms with E-state index in [4.69, 9.17) is 5.26 Å². The van der Waals surface area contributed by atoms with Gasteiger partial charge in [-0.2, -0.15) is 5.26 Å². The van der Waals surface area contributed by atoms with E-state index in [9.17, 15) is 8.42 Å². The maximum Gasteiger partial charge on any atom is 0.215 e. The predicted octanol–water partition coefficient (Wildman–Crippen LogP) is 2.80. The van der Waals surface area contributed by atoms with Crippen LogP contribution in [0.15, 0.2) is 24.3 Å². The fraction of sp³-hybridized carbons (Fsp3) is 0.533. The minimum absolute atomic E-state index is 0.0388. The number of benzene rings is 1. The van der Waals surface area contributed by atoms with Gasteiger partial charge in [-0.1, -0.05) is 38.8 Å². The van der Waals surface area contributed by atoms with E-state index < -0.39 is 10.0 Å². The molecular weight excluding hydrogens is 272 g/mol. The van der Waals surface area contributed by atoms with Gasteiger partial charge in [0.15, 0.2) is 0 Å². The molecule has 20 heavy (non-hydrogen) atoms. The molecule has 0 bridgehead atoms. The zero-order valence-corrected chi connectivity index (χ0v) is 12.9. The number of nitriles is 1. The van der Waals surface area contributed by atoms with Gasteiger partial charge in [-0.15, -0.1) is 0 Å². The molecule has 4 nitrogen and oxygen atoms in total. The van der Waals surface area contributed by atoms with E-state index >= 15 is 0 Å². The van der Waals surface area contributed by atoms with Gasteiger partial charge in [0.1, 0.15) is 0 Å². The summed E-state index contributed by atoms with van der Waals surface area (Å²) in [6.07, 6.45) is 3.03. The molecule has 0 aliphatic heterocycles. The predicted molar refractivity (Wildman–Crippen MR) is 80.5 cm³/mol. The number of sulfonamides is 1. The van der Waals surface area contributed by atoms with E-state index in [1.54, 1.807) is 24.3 Å². The molecule has 0 fully saturated rings. The first-order chi connectivity index (χ1) is 9.43. The molecule has 0 heterocycles. The molecule has 1 N–H and O–H groups in total. The van der Waals surface area contributed by atoms with Crippen LogP contribution in [0.4, 0.5) is 0 Å². The van der Waals surface area contributed by atoms with Crippen molar-refractivity contribution in [1.82, 2.24) is 4.72 Å². The Hall–Kier alpha value is -1.38. The third kappa shape index (κ3) is 6.69. The Morgan fingerprint density at radius 1 is 1.20 bits per heavy atom. The van der Waals surface area contributed by atoms with Gasteiger partial charge in [-0.3, -0.25) is 0 Å². The van der Waals surface area contributed by atoms with Gasteiger partial charge < -0.3 is 0 Å². The Kier molecular flexibility index (Phi) is 6.69. The summed E-state index contributed by atoms with van der Waals surface area (Å²) in [7, 11) is -3.29. The van der Waals surface area contributed by atoms with Crippen molar-refractivity contribution < 1.29 is 8.42 Å². The van der Waals surface area contributed by atoms with Gasteiger partial charge in [0.2, 0.25) is 10.0 Å². The molecular formula is C15H22N2O2S. The minimum Gasteiger partial charge on any atom is -0.215 e. The van der Waals surface area contributed by atoms with Gasteiger partial charge in [0, 0.05) is 6.54 Å². The van der Waals surface area contributed by atoms with E-state index in [2.05, 4.69) is 18.6 Å². The van der Waals surface area contributed by atoms with Crippen LogP contribution in [-0.4, -0.2) is 15.0 Å². The highest BCUT2D eigenvalue weighted by Gasteiger charge is 2.10. The lowest BCUT2D eigenvalue weighted by atomic mass is 10.1. The number of hydrogen-bond donors (Lipinski definition) is 1. The van der Waals surface area contributed by atoms with Crippen LogP contribution in [0.2, 0.25) is 0 Å². The third-order valence-corrected chi connectivity index (χ3v) is 4.33. The van der Waals surface area contributed by atoms with Crippen LogP contribution < -0.4 is 4.72 Å². The minimum atomic E-state index is -3.29. The molecule has 0 saturated carbocycles. The average Bonchev–Trinajstić information content (AvgIpc) is 2.38. The van der Waals surface area contributed by atoms with Crippen molar-refractivity contribution in [1.29, 1.82) is 5.26 Å². The van der Waals surface area contributed by atoms with Crippen molar-refractivity contribution >= 4 is 10.0 Å². The maximum absolute atomic E-state index is 11.9. The standard InChI is InChI=1S/C15H22N2O2S/c1-13(2)5-3-4-10-17-20(18,19)12-15-8-6-14(11-16)7-9-15/h6-9,13,17H,3-5,10,12H2,1-2H3. The molecule has 1 aromatic carbocycles. The molecule has 0 aliphatic carbocycles. The molecule has 0 aromatic heterocycles. The van der Waals surface area contributed by atoms with Gasteiger partial charge in [-0.05, 0) is 30.0 Å². The molecule has 0 unspecified atom stereocenters. The van der Waals surface area contributed by atoms with Crippen LogP contribution in [0.3, 0.4) is 0 Å². The summed E-state index contributed by atoms with van der Waals surface area (Å²) < 4.78 is 26.4. The molecule has 0 saturated heterocycles. The summed E-state index contributed by atoms with van der Waals surface area (Å²) in [4.78, 5) is 0. The molecule has 0 radical (unpaired) electrons. The Morgan fingerprint density at radius 2 is 1.85 bits per heavy atom. The monoisotopic (exact) mass is 294 g/mol. The van der Waals surface area contributed by atoms with Crippen molar-refractivity contribution in [3.05, 3.63) is 35.4 Å². The first-order valence-corrected chi connectivity index (χ1v) is 8.54. The second kappa shape index (κ2) is 8.03. The second-order valence-electron chi connectivity index (χ2n) is 5.35. The number of hydrogen-bond acceptors (Lipinski definition) is 3. The van der Waals surface area contributed by atoms with Crippen LogP contribution in [0.5, 0.6) is 0 Å². The summed E-state index contributed by atoms with van der Waals surface area (Å²) >= 11 is 0. The summed E-state index contributed by atoms with van der Waals surface area (Å²) in [6, 6.07) is 8.63. The lowest BCUT2D eigenvalue weighted by Gasteiger charge is -2.08. The normalized spacial score (nSPS) is 11.5. The summed E-state index contributed by atoms with van der Waals surface area (Å²) in [5.74, 6) is 0.619. The molecule has 0 aliphatic rings. The molecule has 0 spiro atoms. The lowest BCUT2D eigenvalue weighted by Crippen LogP contribution is -2.26. The molecule has 5 heteroatoms. The average molecular weight is 294 g/mol. The van der Waals surface area contributed by atoms with Gasteiger partial charge in [-0.25, -0.2) is 13.1 Å². The van der Waals surface area contributed by atoms with Gasteiger partial charge in [0.25, 0.3) is 0 Å². The molecule has 0 amide bonds. The van der Waals surface area contributed by atoms with Crippen molar-refractivity contribution in [2.75, 3.05) is 6.54 Å². The van der Waals surface area contributed by atoms with Crippen LogP contribution in [0.25, 0.3) is 0 Å². The first kappa shape index (κ1) is 16.7. The second-order valence-corrected chi connectivity index (χ2v) is 7.16. The smallest absolute Gasteiger partial charge is 0.215 e. The molecule has 1 rings (SSSR count). The van der Waals surface area contributed by atoms with E-state index in [0.29, 0.717) is 23.6 Å². The zero-order chi connectivity index (χ0) is 15.0. The van der Waals surface area contributed by atoms with E-state index in [0.717, 1.165) is 19.3 Å². The van der Waals surface area contributed by atoms with Crippen molar-refractivity contribution in [3.63, 3.8) is 0 Å². The first-order valence-electron chi connectivity index (χ1n) is 6.89. The fourth-order valence-electron chi connectivity index (χ4n) is 1.85. The zero-order valence-electron chi connectivity index (χ0n) is 12.1. The quantitative estimate of drug-likeness (QED) is 0.749. The summed E-state index contributed by atoms with van der Waals surface area (Å²) in [6.45, 7) is 4.81. The Labute approximate surface area is 121 Å². The molecule has 0 atom stereocenters. The van der Waals surface area contributed by atoms with Crippen molar-refractivity contribution in [3.8, 4) is 6.07 Å². The summed E-state index contributed by atoms with van der Waals surface area (Å²) in [5.41, 5.74) is 1.23. The highest BCUT2D eigenvalue weighted by Crippen LogP contribution is 2.08. The Bertz CT molecular complexity index is 542. The fourth-order valence-corrected chi connectivity index (χ4v) is 3.04. The van der Waals surface area contributed by atoms with Gasteiger partial charge in [0.05, 0.1) is 17.4 Å². The van der Waals surface area contributed by atoms with Crippen LogP contribution >= 0.6 is 0 Å². The van der Waals surface area contributed by atoms with Crippen molar-refractivity contribution in [2.45, 2.75) is 38.9 Å². The number of unbranched alkanes of at least 4 members (excludes halogenated alkanes) is 1. The highest BCUT2D eigenvalue weighted by molar-refractivity contribution is 7.88. The topological polar surface area (TPSA) is 70.0 Å². The van der Waals surface area contributed by atoms with Gasteiger partial charge >= 0.3 is 0 Å². The number of nitrogens with zero attached hydrogens (tertiary/aromatic N) is 1. The lowest BCUT2D eigenvalue weighted by molar-refractivity contribution is 0.530. The van der Waals surface area contributed by atoms with Crippen LogP contribution in [0, 0.1) is 17.2 Å². The highest BCUT2D eigenvalue weighted by atomic mass is 32.2. The molecule has 110 valence electrons. The Morgan fingerprint density at radius 3 is 2.40 bits per heavy atom. The number of rotatable bonds is 8. The Balaban J connectivity index is 2.39. The summed E-state index contributed by atoms with van der Waals surface area (Å²) in [5, 5.41) is 8.69.